The molecule has 7 nitrogen and oxygen atoms in total. The van der Waals surface area contributed by atoms with E-state index in [2.05, 4.69) is 63.9 Å². The van der Waals surface area contributed by atoms with Gasteiger partial charge in [-0.2, -0.15) is 0 Å². The third kappa shape index (κ3) is 6.61. The van der Waals surface area contributed by atoms with Crippen molar-refractivity contribution in [3.8, 4) is 5.75 Å². The number of amidine groups is 2. The van der Waals surface area contributed by atoms with Gasteiger partial charge in [-0.05, 0) is 85.8 Å². The van der Waals surface area contributed by atoms with Gasteiger partial charge in [-0.1, -0.05) is 0 Å². The van der Waals surface area contributed by atoms with Gasteiger partial charge in [0.2, 0.25) is 0 Å². The SMILES string of the molecule is CCOc1ccc(C2=NCc3cc(C4=NCc5cc(N6CCN(C)CC6)ccc5N4)ccc3N2)cc1.Cl.Cl.Cl. The van der Waals surface area contributed by atoms with E-state index in [0.717, 1.165) is 66.1 Å². The van der Waals surface area contributed by atoms with Crippen molar-refractivity contribution < 1.29 is 4.74 Å². The first-order valence-electron chi connectivity index (χ1n) is 12.7. The molecular formula is C29H35Cl3N6O. The minimum absolute atomic E-state index is 0. The van der Waals surface area contributed by atoms with E-state index < -0.39 is 0 Å². The van der Waals surface area contributed by atoms with E-state index in [1.807, 2.05) is 31.2 Å². The van der Waals surface area contributed by atoms with Crippen LogP contribution >= 0.6 is 37.2 Å². The molecule has 3 aromatic rings. The number of benzene rings is 3. The van der Waals surface area contributed by atoms with E-state index in [4.69, 9.17) is 14.7 Å². The van der Waals surface area contributed by atoms with Gasteiger partial charge in [-0.3, -0.25) is 9.98 Å². The lowest BCUT2D eigenvalue weighted by atomic mass is 10.0. The monoisotopic (exact) mass is 588 g/mol. The Labute approximate surface area is 249 Å². The lowest BCUT2D eigenvalue weighted by Crippen LogP contribution is -2.44. The van der Waals surface area contributed by atoms with Crippen LogP contribution in [0.5, 0.6) is 5.75 Å². The predicted molar refractivity (Wildman–Crippen MR) is 170 cm³/mol. The Hall–Kier alpha value is -2.97. The standard InChI is InChI=1S/C29H32N6O.3ClH/c1-3-36-25-8-4-20(5-9-25)28-30-18-22-16-21(6-10-26(22)32-28)29-31-19-23-17-24(7-11-27(23)33-29)35-14-12-34(2)13-15-35;;;/h4-11,16-17H,3,12-15,18-19H2,1-2H3,(H,30,32)(H,31,33);3*1H. The number of nitrogens with zero attached hydrogens (tertiary/aromatic N) is 4. The third-order valence-corrected chi connectivity index (χ3v) is 7.10. The van der Waals surface area contributed by atoms with Crippen LogP contribution in [0, 0.1) is 0 Å². The summed E-state index contributed by atoms with van der Waals surface area (Å²) in [7, 11) is 2.19. The van der Waals surface area contributed by atoms with Gasteiger partial charge in [-0.15, -0.1) is 37.2 Å². The fourth-order valence-electron chi connectivity index (χ4n) is 4.95. The lowest BCUT2D eigenvalue weighted by molar-refractivity contribution is 0.313. The summed E-state index contributed by atoms with van der Waals surface area (Å²) in [6, 6.07) is 21.2. The summed E-state index contributed by atoms with van der Waals surface area (Å²) in [4.78, 5) is 14.5. The number of halogens is 3. The van der Waals surface area contributed by atoms with Crippen molar-refractivity contribution in [2.45, 2.75) is 20.0 Å². The molecule has 0 unspecified atom stereocenters. The topological polar surface area (TPSA) is 64.5 Å². The molecule has 0 bridgehead atoms. The second-order valence-corrected chi connectivity index (χ2v) is 9.54. The van der Waals surface area contributed by atoms with Crippen LogP contribution in [-0.4, -0.2) is 56.4 Å². The summed E-state index contributed by atoms with van der Waals surface area (Å²) in [5, 5.41) is 7.05. The van der Waals surface area contributed by atoms with Crippen LogP contribution in [0.15, 0.2) is 70.6 Å². The number of hydrogen-bond donors (Lipinski definition) is 2. The van der Waals surface area contributed by atoms with Gasteiger partial charge in [0, 0.05) is 54.4 Å². The number of ether oxygens (including phenoxy) is 1. The van der Waals surface area contributed by atoms with Crippen molar-refractivity contribution in [3.63, 3.8) is 0 Å². The Morgan fingerprint density at radius 1 is 0.718 bits per heavy atom. The van der Waals surface area contributed by atoms with Crippen LogP contribution in [-0.2, 0) is 13.1 Å². The van der Waals surface area contributed by atoms with Gasteiger partial charge >= 0.3 is 0 Å². The van der Waals surface area contributed by atoms with Crippen LogP contribution in [0.4, 0.5) is 17.1 Å². The Balaban J connectivity index is 0.00000140. The molecule has 3 heterocycles. The smallest absolute Gasteiger partial charge is 0.133 e. The van der Waals surface area contributed by atoms with Gasteiger partial charge < -0.3 is 25.2 Å². The molecule has 1 saturated heterocycles. The van der Waals surface area contributed by atoms with Crippen LogP contribution in [0.2, 0.25) is 0 Å². The predicted octanol–water partition coefficient (Wildman–Crippen LogP) is 5.85. The fraction of sp³-hybridized carbons (Fsp3) is 0.310. The maximum atomic E-state index is 5.55. The minimum atomic E-state index is 0. The summed E-state index contributed by atoms with van der Waals surface area (Å²) >= 11 is 0. The zero-order valence-corrected chi connectivity index (χ0v) is 24.6. The third-order valence-electron chi connectivity index (χ3n) is 7.10. The number of piperazine rings is 1. The number of nitrogens with one attached hydrogen (secondary N) is 2. The number of likely N-dealkylation sites (N-methyl/N-ethyl adjacent to an activating group) is 1. The summed E-state index contributed by atoms with van der Waals surface area (Å²) < 4.78 is 5.55. The van der Waals surface area contributed by atoms with E-state index in [-0.39, 0.29) is 37.2 Å². The van der Waals surface area contributed by atoms with Crippen molar-refractivity contribution in [2.75, 3.05) is 55.4 Å². The molecule has 39 heavy (non-hydrogen) atoms. The molecule has 0 saturated carbocycles. The number of fused-ring (bicyclic) bond motifs is 2. The molecule has 1 fully saturated rings. The molecule has 10 heteroatoms. The molecule has 0 radical (unpaired) electrons. The zero-order chi connectivity index (χ0) is 24.5. The van der Waals surface area contributed by atoms with E-state index in [0.29, 0.717) is 19.7 Å². The Bertz CT molecular complexity index is 1340. The van der Waals surface area contributed by atoms with Crippen molar-refractivity contribution in [1.29, 1.82) is 0 Å². The minimum Gasteiger partial charge on any atom is -0.494 e. The first-order chi connectivity index (χ1) is 17.7. The maximum absolute atomic E-state index is 5.55. The molecule has 0 spiro atoms. The maximum Gasteiger partial charge on any atom is 0.133 e. The second-order valence-electron chi connectivity index (χ2n) is 9.54. The summed E-state index contributed by atoms with van der Waals surface area (Å²) in [5.74, 6) is 2.68. The first kappa shape index (κ1) is 30.6. The van der Waals surface area contributed by atoms with Gasteiger partial charge in [0.05, 0.1) is 19.7 Å². The van der Waals surface area contributed by atoms with Crippen molar-refractivity contribution in [1.82, 2.24) is 4.90 Å². The highest BCUT2D eigenvalue weighted by atomic mass is 35.5. The average molecular weight is 590 g/mol. The quantitative estimate of drug-likeness (QED) is 0.391. The van der Waals surface area contributed by atoms with Crippen molar-refractivity contribution in [2.24, 2.45) is 9.98 Å². The number of aliphatic imine (C=N–C) groups is 2. The summed E-state index contributed by atoms with van der Waals surface area (Å²) in [5.41, 5.74) is 8.09. The van der Waals surface area contributed by atoms with Crippen LogP contribution < -0.4 is 20.3 Å². The number of hydrogen-bond acceptors (Lipinski definition) is 7. The van der Waals surface area contributed by atoms with Gasteiger partial charge in [0.15, 0.2) is 0 Å². The van der Waals surface area contributed by atoms with Gasteiger partial charge in [0.25, 0.3) is 0 Å². The zero-order valence-electron chi connectivity index (χ0n) is 22.1. The van der Waals surface area contributed by atoms with Crippen molar-refractivity contribution in [3.05, 3.63) is 82.9 Å². The highest BCUT2D eigenvalue weighted by Crippen LogP contribution is 2.30. The Morgan fingerprint density at radius 3 is 1.92 bits per heavy atom. The van der Waals surface area contributed by atoms with Crippen LogP contribution in [0.25, 0.3) is 0 Å². The van der Waals surface area contributed by atoms with Crippen LogP contribution in [0.3, 0.4) is 0 Å². The molecule has 208 valence electrons. The van der Waals surface area contributed by atoms with Gasteiger partial charge in [-0.25, -0.2) is 0 Å². The summed E-state index contributed by atoms with van der Waals surface area (Å²) in [6.07, 6.45) is 0. The normalized spacial score (nSPS) is 15.9. The first-order valence-corrected chi connectivity index (χ1v) is 12.7. The molecular weight excluding hydrogens is 555 g/mol. The molecule has 0 aromatic heterocycles. The molecule has 0 aliphatic carbocycles. The Kier molecular flexibility index (Phi) is 10.5. The molecule has 3 aliphatic rings. The van der Waals surface area contributed by atoms with E-state index in [1.54, 1.807) is 0 Å². The van der Waals surface area contributed by atoms with Gasteiger partial charge in [0.1, 0.15) is 17.4 Å². The number of anilines is 3. The fourth-order valence-corrected chi connectivity index (χ4v) is 4.95. The molecule has 2 N–H and O–H groups in total. The summed E-state index contributed by atoms with van der Waals surface area (Å²) in [6.45, 7) is 8.34. The number of rotatable bonds is 5. The molecule has 0 atom stereocenters. The second kappa shape index (κ2) is 13.4. The highest BCUT2D eigenvalue weighted by Gasteiger charge is 2.20. The van der Waals surface area contributed by atoms with E-state index in [1.165, 1.54) is 16.8 Å². The Morgan fingerprint density at radius 2 is 1.28 bits per heavy atom. The highest BCUT2D eigenvalue weighted by molar-refractivity contribution is 6.12. The average Bonchev–Trinajstić information content (AvgIpc) is 2.93. The molecule has 6 rings (SSSR count). The molecule has 0 amide bonds. The largest absolute Gasteiger partial charge is 0.494 e. The van der Waals surface area contributed by atoms with E-state index >= 15 is 0 Å². The lowest BCUT2D eigenvalue weighted by Gasteiger charge is -2.34. The molecule has 3 aliphatic heterocycles. The van der Waals surface area contributed by atoms with E-state index in [9.17, 15) is 0 Å². The van der Waals surface area contributed by atoms with Crippen molar-refractivity contribution >= 4 is 66.0 Å². The van der Waals surface area contributed by atoms with Crippen LogP contribution in [0.1, 0.15) is 29.2 Å². The molecule has 3 aromatic carbocycles.